The van der Waals surface area contributed by atoms with Crippen LogP contribution in [-0.2, 0) is 0 Å². The third-order valence-corrected chi connectivity index (χ3v) is 3.75. The Morgan fingerprint density at radius 2 is 1.95 bits per heavy atom. The third-order valence-electron chi connectivity index (χ3n) is 2.34. The van der Waals surface area contributed by atoms with Crippen molar-refractivity contribution in [3.05, 3.63) is 33.5 Å². The first-order valence-electron chi connectivity index (χ1n) is 5.23. The Kier molecular flexibility index (Phi) is 4.56. The third kappa shape index (κ3) is 3.14. The minimum atomic E-state index is 0.501. The summed E-state index contributed by atoms with van der Waals surface area (Å²) in [5.41, 5.74) is 3.32. The standard InChI is InChI=1S/C11H11Br2N5O/c1-19-8-4-6(2-3-7(8)12)17-10-9(13)11(18-14)16-5-15-10/h2-5H,14H2,1H3,(H2,15,16,17,18). The lowest BCUT2D eigenvalue weighted by molar-refractivity contribution is 0.412. The van der Waals surface area contributed by atoms with Gasteiger partial charge in [-0.2, -0.15) is 0 Å². The summed E-state index contributed by atoms with van der Waals surface area (Å²) in [4.78, 5) is 8.12. The predicted octanol–water partition coefficient (Wildman–Crippen LogP) is 3.04. The van der Waals surface area contributed by atoms with Crippen LogP contribution in [-0.4, -0.2) is 17.1 Å². The van der Waals surface area contributed by atoms with Crippen LogP contribution in [0, 0.1) is 0 Å². The van der Waals surface area contributed by atoms with Crippen molar-refractivity contribution in [2.45, 2.75) is 0 Å². The Morgan fingerprint density at radius 1 is 1.21 bits per heavy atom. The van der Waals surface area contributed by atoms with E-state index in [0.717, 1.165) is 15.9 Å². The smallest absolute Gasteiger partial charge is 0.159 e. The molecule has 6 nitrogen and oxygen atoms in total. The van der Waals surface area contributed by atoms with Crippen LogP contribution in [0.2, 0.25) is 0 Å². The first-order chi connectivity index (χ1) is 9.15. The van der Waals surface area contributed by atoms with Crippen LogP contribution in [0.5, 0.6) is 5.75 Å². The number of nitrogens with two attached hydrogens (primary N) is 1. The SMILES string of the molecule is COc1cc(Nc2ncnc(NN)c2Br)ccc1Br. The second kappa shape index (κ2) is 6.18. The van der Waals surface area contributed by atoms with Crippen molar-refractivity contribution in [2.75, 3.05) is 17.9 Å². The summed E-state index contributed by atoms with van der Waals surface area (Å²) in [6, 6.07) is 5.64. The zero-order valence-corrected chi connectivity index (χ0v) is 13.1. The van der Waals surface area contributed by atoms with Gasteiger partial charge in [-0.3, -0.25) is 0 Å². The monoisotopic (exact) mass is 387 g/mol. The van der Waals surface area contributed by atoms with Gasteiger partial charge in [0.15, 0.2) is 5.82 Å². The van der Waals surface area contributed by atoms with Gasteiger partial charge in [0, 0.05) is 11.8 Å². The normalized spacial score (nSPS) is 10.1. The Morgan fingerprint density at radius 3 is 2.63 bits per heavy atom. The molecule has 8 heteroatoms. The maximum Gasteiger partial charge on any atom is 0.159 e. The Bertz CT molecular complexity index is 593. The van der Waals surface area contributed by atoms with E-state index in [4.69, 9.17) is 10.6 Å². The van der Waals surface area contributed by atoms with Crippen LogP contribution in [0.3, 0.4) is 0 Å². The summed E-state index contributed by atoms with van der Waals surface area (Å²) in [6.07, 6.45) is 1.42. The van der Waals surface area contributed by atoms with Gasteiger partial charge in [0.25, 0.3) is 0 Å². The highest BCUT2D eigenvalue weighted by Crippen LogP contribution is 2.32. The number of nitrogens with one attached hydrogen (secondary N) is 2. The van der Waals surface area contributed by atoms with E-state index in [1.54, 1.807) is 7.11 Å². The minimum absolute atomic E-state index is 0.501. The van der Waals surface area contributed by atoms with E-state index in [9.17, 15) is 0 Å². The Hall–Kier alpha value is -1.38. The van der Waals surface area contributed by atoms with Gasteiger partial charge in [-0.05, 0) is 44.0 Å². The topological polar surface area (TPSA) is 85.1 Å². The molecule has 0 fully saturated rings. The molecule has 0 saturated heterocycles. The molecule has 0 unspecified atom stereocenters. The first-order valence-corrected chi connectivity index (χ1v) is 6.82. The van der Waals surface area contributed by atoms with Crippen molar-refractivity contribution >= 4 is 49.2 Å². The molecule has 19 heavy (non-hydrogen) atoms. The van der Waals surface area contributed by atoms with Crippen molar-refractivity contribution in [1.29, 1.82) is 0 Å². The summed E-state index contributed by atoms with van der Waals surface area (Å²) < 4.78 is 6.77. The van der Waals surface area contributed by atoms with E-state index in [1.165, 1.54) is 6.33 Å². The molecule has 1 aromatic carbocycles. The highest BCUT2D eigenvalue weighted by Gasteiger charge is 2.09. The number of hydrogen-bond acceptors (Lipinski definition) is 6. The molecule has 2 aromatic rings. The van der Waals surface area contributed by atoms with Gasteiger partial charge in [-0.1, -0.05) is 0 Å². The molecule has 0 amide bonds. The number of anilines is 3. The summed E-state index contributed by atoms with van der Waals surface area (Å²) in [5.74, 6) is 7.19. The molecule has 0 spiro atoms. The van der Waals surface area contributed by atoms with Crippen molar-refractivity contribution in [2.24, 2.45) is 5.84 Å². The van der Waals surface area contributed by atoms with Gasteiger partial charge in [0.2, 0.25) is 0 Å². The number of rotatable bonds is 4. The molecule has 0 aliphatic rings. The number of benzene rings is 1. The van der Waals surface area contributed by atoms with Crippen LogP contribution < -0.4 is 21.3 Å². The van der Waals surface area contributed by atoms with Gasteiger partial charge in [0.05, 0.1) is 11.6 Å². The molecule has 0 atom stereocenters. The predicted molar refractivity (Wildman–Crippen MR) is 81.5 cm³/mol. The molecule has 1 heterocycles. The average Bonchev–Trinajstić information content (AvgIpc) is 2.43. The summed E-state index contributed by atoms with van der Waals surface area (Å²) in [6.45, 7) is 0. The molecule has 0 radical (unpaired) electrons. The van der Waals surface area contributed by atoms with E-state index in [2.05, 4.69) is 52.6 Å². The zero-order valence-electron chi connectivity index (χ0n) is 9.95. The lowest BCUT2D eigenvalue weighted by atomic mass is 10.3. The Labute approximate surface area is 127 Å². The van der Waals surface area contributed by atoms with Crippen LogP contribution in [0.4, 0.5) is 17.3 Å². The van der Waals surface area contributed by atoms with Gasteiger partial charge in [-0.15, -0.1) is 0 Å². The maximum absolute atomic E-state index is 5.35. The van der Waals surface area contributed by atoms with E-state index < -0.39 is 0 Å². The molecule has 0 aliphatic heterocycles. The second-order valence-electron chi connectivity index (χ2n) is 3.50. The zero-order chi connectivity index (χ0) is 13.8. The van der Waals surface area contributed by atoms with Crippen molar-refractivity contribution in [1.82, 2.24) is 9.97 Å². The number of methoxy groups -OCH3 is 1. The molecule has 100 valence electrons. The highest BCUT2D eigenvalue weighted by atomic mass is 79.9. The quantitative estimate of drug-likeness (QED) is 0.551. The number of hydrazine groups is 1. The fourth-order valence-electron chi connectivity index (χ4n) is 1.43. The molecule has 0 saturated carbocycles. The molecule has 2 rings (SSSR count). The van der Waals surface area contributed by atoms with Gasteiger partial charge in [0.1, 0.15) is 22.4 Å². The lowest BCUT2D eigenvalue weighted by Gasteiger charge is -2.11. The van der Waals surface area contributed by atoms with E-state index in [-0.39, 0.29) is 0 Å². The number of nitrogens with zero attached hydrogens (tertiary/aromatic N) is 2. The van der Waals surface area contributed by atoms with Gasteiger partial charge in [-0.25, -0.2) is 15.8 Å². The first kappa shape index (κ1) is 14.0. The van der Waals surface area contributed by atoms with Gasteiger partial charge < -0.3 is 15.5 Å². The van der Waals surface area contributed by atoms with Gasteiger partial charge >= 0.3 is 0 Å². The van der Waals surface area contributed by atoms with Crippen molar-refractivity contribution in [3.63, 3.8) is 0 Å². The average molecular weight is 389 g/mol. The fourth-order valence-corrected chi connectivity index (χ4v) is 2.26. The molecular formula is C11H11Br2N5O. The van der Waals surface area contributed by atoms with Crippen molar-refractivity contribution < 1.29 is 4.74 Å². The molecule has 1 aromatic heterocycles. The summed E-state index contributed by atoms with van der Waals surface area (Å²) in [7, 11) is 1.61. The molecule has 0 bridgehead atoms. The van der Waals surface area contributed by atoms with Crippen LogP contribution in [0.25, 0.3) is 0 Å². The van der Waals surface area contributed by atoms with Crippen LogP contribution >= 0.6 is 31.9 Å². The number of nitrogen functional groups attached to an aromatic ring is 1. The highest BCUT2D eigenvalue weighted by molar-refractivity contribution is 9.11. The number of ether oxygens (including phenoxy) is 1. The lowest BCUT2D eigenvalue weighted by Crippen LogP contribution is -2.10. The number of hydrogen-bond donors (Lipinski definition) is 3. The van der Waals surface area contributed by atoms with E-state index >= 15 is 0 Å². The second-order valence-corrected chi connectivity index (χ2v) is 5.15. The van der Waals surface area contributed by atoms with Crippen LogP contribution in [0.1, 0.15) is 0 Å². The minimum Gasteiger partial charge on any atom is -0.495 e. The van der Waals surface area contributed by atoms with Crippen molar-refractivity contribution in [3.8, 4) is 5.75 Å². The summed E-state index contributed by atoms with van der Waals surface area (Å²) in [5, 5.41) is 3.15. The largest absolute Gasteiger partial charge is 0.495 e. The van der Waals surface area contributed by atoms with Crippen LogP contribution in [0.15, 0.2) is 33.5 Å². The number of halogens is 2. The molecular weight excluding hydrogens is 378 g/mol. The fraction of sp³-hybridized carbons (Fsp3) is 0.0909. The maximum atomic E-state index is 5.35. The molecule has 4 N–H and O–H groups in total. The number of aromatic nitrogens is 2. The summed E-state index contributed by atoms with van der Waals surface area (Å²) >= 11 is 6.78. The van der Waals surface area contributed by atoms with E-state index in [0.29, 0.717) is 16.1 Å². The van der Waals surface area contributed by atoms with E-state index in [1.807, 2.05) is 18.2 Å². The molecule has 0 aliphatic carbocycles. The Balaban J connectivity index is 2.31.